The molecule has 0 fully saturated rings. The summed E-state index contributed by atoms with van der Waals surface area (Å²) in [4.78, 5) is 27.4. The Kier molecular flexibility index (Phi) is 4.45. The Labute approximate surface area is 156 Å². The third-order valence-electron chi connectivity index (χ3n) is 4.22. The Morgan fingerprint density at radius 1 is 0.889 bits per heavy atom. The van der Waals surface area contributed by atoms with Gasteiger partial charge < -0.3 is 10.2 Å². The minimum atomic E-state index is -0.276. The first-order valence-corrected chi connectivity index (χ1v) is 8.48. The Balaban J connectivity index is 1.54. The maximum Gasteiger partial charge on any atom is 0.258 e. The van der Waals surface area contributed by atoms with E-state index in [-0.39, 0.29) is 5.91 Å². The van der Waals surface area contributed by atoms with Crippen LogP contribution in [0.3, 0.4) is 0 Å². The normalized spacial score (nSPS) is 10.6. The molecule has 6 nitrogen and oxygen atoms in total. The molecule has 0 spiro atoms. The number of para-hydroxylation sites is 2. The second-order valence-electron chi connectivity index (χ2n) is 6.00. The predicted molar refractivity (Wildman–Crippen MR) is 106 cm³/mol. The summed E-state index contributed by atoms with van der Waals surface area (Å²) in [7, 11) is 1.88. The average molecular weight is 355 g/mol. The molecule has 4 rings (SSSR count). The SMILES string of the molecule is CN(c1ccccc1)c1ncc(C(=O)Nc2cccc3cccnc23)cn1. The van der Waals surface area contributed by atoms with Gasteiger partial charge in [-0.25, -0.2) is 9.97 Å². The molecular formula is C21H17N5O. The predicted octanol–water partition coefficient (Wildman–Crippen LogP) is 4.05. The van der Waals surface area contributed by atoms with Crippen molar-refractivity contribution in [2.45, 2.75) is 0 Å². The molecule has 1 N–H and O–H groups in total. The van der Waals surface area contributed by atoms with E-state index in [4.69, 9.17) is 0 Å². The molecule has 2 aromatic heterocycles. The number of rotatable bonds is 4. The van der Waals surface area contributed by atoms with Gasteiger partial charge in [0, 0.05) is 36.7 Å². The fourth-order valence-corrected chi connectivity index (χ4v) is 2.78. The lowest BCUT2D eigenvalue weighted by Crippen LogP contribution is -2.16. The van der Waals surface area contributed by atoms with Crippen molar-refractivity contribution >= 4 is 34.1 Å². The van der Waals surface area contributed by atoms with Crippen LogP contribution < -0.4 is 10.2 Å². The van der Waals surface area contributed by atoms with Crippen LogP contribution in [-0.4, -0.2) is 27.9 Å². The molecule has 27 heavy (non-hydrogen) atoms. The number of hydrogen-bond acceptors (Lipinski definition) is 5. The van der Waals surface area contributed by atoms with Crippen LogP contribution in [-0.2, 0) is 0 Å². The number of aromatic nitrogens is 3. The molecule has 132 valence electrons. The van der Waals surface area contributed by atoms with Crippen LogP contribution in [0.1, 0.15) is 10.4 Å². The minimum Gasteiger partial charge on any atom is -0.320 e. The van der Waals surface area contributed by atoms with Gasteiger partial charge in [0.2, 0.25) is 5.95 Å². The summed E-state index contributed by atoms with van der Waals surface area (Å²) in [5, 5.41) is 3.85. The summed E-state index contributed by atoms with van der Waals surface area (Å²) in [6.45, 7) is 0. The zero-order valence-corrected chi connectivity index (χ0v) is 14.7. The molecule has 0 radical (unpaired) electrons. The highest BCUT2D eigenvalue weighted by Crippen LogP contribution is 2.22. The van der Waals surface area contributed by atoms with Crippen LogP contribution in [0.4, 0.5) is 17.3 Å². The molecule has 1 amide bonds. The lowest BCUT2D eigenvalue weighted by Gasteiger charge is -2.16. The molecule has 0 bridgehead atoms. The van der Waals surface area contributed by atoms with Crippen molar-refractivity contribution in [1.29, 1.82) is 0 Å². The highest BCUT2D eigenvalue weighted by Gasteiger charge is 2.12. The standard InChI is InChI=1S/C21H17N5O/c1-26(17-9-3-2-4-10-17)21-23-13-16(14-24-21)20(27)25-18-11-5-7-15-8-6-12-22-19(15)18/h2-14H,1H3,(H,25,27). The minimum absolute atomic E-state index is 0.276. The summed E-state index contributed by atoms with van der Waals surface area (Å²) >= 11 is 0. The fourth-order valence-electron chi connectivity index (χ4n) is 2.78. The maximum absolute atomic E-state index is 12.6. The third kappa shape index (κ3) is 3.46. The number of amides is 1. The van der Waals surface area contributed by atoms with Gasteiger partial charge in [-0.05, 0) is 24.3 Å². The Morgan fingerprint density at radius 2 is 1.63 bits per heavy atom. The smallest absolute Gasteiger partial charge is 0.258 e. The number of pyridine rings is 1. The summed E-state index contributed by atoms with van der Waals surface area (Å²) in [6, 6.07) is 19.3. The van der Waals surface area contributed by atoms with Crippen LogP contribution in [0, 0.1) is 0 Å². The summed E-state index contributed by atoms with van der Waals surface area (Å²) in [5.74, 6) is 0.242. The molecule has 0 saturated heterocycles. The van der Waals surface area contributed by atoms with Gasteiger partial charge in [0.25, 0.3) is 5.91 Å². The quantitative estimate of drug-likeness (QED) is 0.598. The summed E-state index contributed by atoms with van der Waals surface area (Å²) in [6.07, 6.45) is 4.75. The van der Waals surface area contributed by atoms with Gasteiger partial charge in [0.1, 0.15) is 0 Å². The zero-order chi connectivity index (χ0) is 18.6. The monoisotopic (exact) mass is 355 g/mol. The van der Waals surface area contributed by atoms with E-state index in [1.807, 2.05) is 72.6 Å². The van der Waals surface area contributed by atoms with Crippen LogP contribution in [0.15, 0.2) is 79.3 Å². The van der Waals surface area contributed by atoms with Crippen molar-refractivity contribution in [2.75, 3.05) is 17.3 Å². The van der Waals surface area contributed by atoms with E-state index in [2.05, 4.69) is 20.3 Å². The number of carbonyl (C=O) groups excluding carboxylic acids is 1. The van der Waals surface area contributed by atoms with Crippen LogP contribution >= 0.6 is 0 Å². The molecule has 0 aliphatic heterocycles. The molecule has 6 heteroatoms. The first-order valence-electron chi connectivity index (χ1n) is 8.48. The van der Waals surface area contributed by atoms with Crippen molar-refractivity contribution in [3.63, 3.8) is 0 Å². The van der Waals surface area contributed by atoms with Gasteiger partial charge in [0.15, 0.2) is 0 Å². The molecule has 4 aromatic rings. The van der Waals surface area contributed by atoms with Gasteiger partial charge in [-0.3, -0.25) is 9.78 Å². The van der Waals surface area contributed by atoms with E-state index in [1.54, 1.807) is 6.20 Å². The Hall–Kier alpha value is -3.80. The van der Waals surface area contributed by atoms with Gasteiger partial charge >= 0.3 is 0 Å². The molecule has 0 atom stereocenters. The van der Waals surface area contributed by atoms with E-state index < -0.39 is 0 Å². The molecule has 0 aliphatic carbocycles. The number of nitrogens with one attached hydrogen (secondary N) is 1. The van der Waals surface area contributed by atoms with E-state index in [9.17, 15) is 4.79 Å². The van der Waals surface area contributed by atoms with Crippen molar-refractivity contribution < 1.29 is 4.79 Å². The van der Waals surface area contributed by atoms with Gasteiger partial charge in [-0.15, -0.1) is 0 Å². The van der Waals surface area contributed by atoms with Crippen molar-refractivity contribution in [3.05, 3.63) is 84.8 Å². The number of benzene rings is 2. The number of fused-ring (bicyclic) bond motifs is 1. The van der Waals surface area contributed by atoms with Crippen molar-refractivity contribution in [2.24, 2.45) is 0 Å². The average Bonchev–Trinajstić information content (AvgIpc) is 2.74. The van der Waals surface area contributed by atoms with Gasteiger partial charge in [0.05, 0.1) is 16.8 Å². The molecular weight excluding hydrogens is 338 g/mol. The van der Waals surface area contributed by atoms with Crippen molar-refractivity contribution in [3.8, 4) is 0 Å². The van der Waals surface area contributed by atoms with Crippen LogP contribution in [0.25, 0.3) is 10.9 Å². The summed E-state index contributed by atoms with van der Waals surface area (Å²) in [5.41, 5.74) is 2.75. The zero-order valence-electron chi connectivity index (χ0n) is 14.7. The Bertz CT molecular complexity index is 1080. The van der Waals surface area contributed by atoms with Gasteiger partial charge in [-0.2, -0.15) is 0 Å². The molecule has 2 heterocycles. The number of anilines is 3. The molecule has 0 saturated carbocycles. The second-order valence-corrected chi connectivity index (χ2v) is 6.00. The number of carbonyl (C=O) groups is 1. The molecule has 0 unspecified atom stereocenters. The Morgan fingerprint density at radius 3 is 2.41 bits per heavy atom. The number of hydrogen-bond donors (Lipinski definition) is 1. The van der Waals surface area contributed by atoms with Crippen LogP contribution in [0.2, 0.25) is 0 Å². The largest absolute Gasteiger partial charge is 0.320 e. The van der Waals surface area contributed by atoms with Gasteiger partial charge in [-0.1, -0.05) is 36.4 Å². The van der Waals surface area contributed by atoms with E-state index in [0.29, 0.717) is 17.2 Å². The second kappa shape index (κ2) is 7.21. The summed E-state index contributed by atoms with van der Waals surface area (Å²) < 4.78 is 0. The highest BCUT2D eigenvalue weighted by molar-refractivity contribution is 6.08. The fraction of sp³-hybridized carbons (Fsp3) is 0.0476. The maximum atomic E-state index is 12.6. The highest BCUT2D eigenvalue weighted by atomic mass is 16.1. The van der Waals surface area contributed by atoms with E-state index in [0.717, 1.165) is 16.6 Å². The number of nitrogens with zero attached hydrogens (tertiary/aromatic N) is 4. The molecule has 2 aromatic carbocycles. The first-order chi connectivity index (χ1) is 13.2. The lowest BCUT2D eigenvalue weighted by atomic mass is 10.2. The topological polar surface area (TPSA) is 71.0 Å². The van der Waals surface area contributed by atoms with Crippen LogP contribution in [0.5, 0.6) is 0 Å². The van der Waals surface area contributed by atoms with Crippen molar-refractivity contribution in [1.82, 2.24) is 15.0 Å². The third-order valence-corrected chi connectivity index (χ3v) is 4.22. The molecule has 0 aliphatic rings. The first kappa shape index (κ1) is 16.7. The lowest BCUT2D eigenvalue weighted by molar-refractivity contribution is 0.102. The van der Waals surface area contributed by atoms with E-state index >= 15 is 0 Å². The van der Waals surface area contributed by atoms with E-state index in [1.165, 1.54) is 12.4 Å².